The number of hydrogen-bond acceptors (Lipinski definition) is 5. The molecule has 1 aromatic carbocycles. The lowest BCUT2D eigenvalue weighted by atomic mass is 10.1. The largest absolute Gasteiger partial charge is 0.337 e. The zero-order chi connectivity index (χ0) is 18.1. The molecule has 2 aliphatic heterocycles. The van der Waals surface area contributed by atoms with Crippen LogP contribution in [0, 0.1) is 0 Å². The number of likely N-dealkylation sites (tertiary alicyclic amines) is 1. The number of amides is 1. The molecule has 3 heterocycles. The molecule has 2 bridgehead atoms. The molecule has 0 radical (unpaired) electrons. The average molecular weight is 392 g/mol. The minimum atomic E-state index is -3.62. The van der Waals surface area contributed by atoms with Crippen LogP contribution < -0.4 is 10.0 Å². The smallest absolute Gasteiger partial charge is 0.271 e. The molecule has 2 aromatic rings. The predicted octanol–water partition coefficient (Wildman–Crippen LogP) is 2.52. The number of carbonyl (C=O) groups excluding carboxylic acids is 1. The first-order valence-corrected chi connectivity index (χ1v) is 11.1. The molecular formula is C18H21N3O3S2. The van der Waals surface area contributed by atoms with Gasteiger partial charge in [-0.3, -0.25) is 9.52 Å². The number of anilines is 1. The molecule has 1 amide bonds. The first-order chi connectivity index (χ1) is 12.5. The summed E-state index contributed by atoms with van der Waals surface area (Å²) in [6.45, 7) is 1.44. The summed E-state index contributed by atoms with van der Waals surface area (Å²) in [5.41, 5.74) is 0.910. The molecule has 2 saturated heterocycles. The summed E-state index contributed by atoms with van der Waals surface area (Å²) in [4.78, 5) is 14.8. The van der Waals surface area contributed by atoms with E-state index in [1.54, 1.807) is 41.8 Å². The van der Waals surface area contributed by atoms with Gasteiger partial charge in [0.05, 0.1) is 0 Å². The Balaban J connectivity index is 1.51. The van der Waals surface area contributed by atoms with Crippen LogP contribution >= 0.6 is 11.3 Å². The van der Waals surface area contributed by atoms with E-state index in [1.807, 2.05) is 4.90 Å². The summed E-state index contributed by atoms with van der Waals surface area (Å²) in [6.07, 6.45) is 3.26. The third-order valence-electron chi connectivity index (χ3n) is 4.93. The molecule has 0 saturated carbocycles. The zero-order valence-electron chi connectivity index (χ0n) is 14.2. The minimum Gasteiger partial charge on any atom is -0.337 e. The molecule has 0 spiro atoms. The summed E-state index contributed by atoms with van der Waals surface area (Å²) >= 11 is 1.16. The second-order valence-electron chi connectivity index (χ2n) is 6.80. The van der Waals surface area contributed by atoms with Gasteiger partial charge in [-0.2, -0.15) is 0 Å². The van der Waals surface area contributed by atoms with E-state index in [0.717, 1.165) is 30.7 Å². The molecular weight excluding hydrogens is 370 g/mol. The first-order valence-electron chi connectivity index (χ1n) is 8.73. The van der Waals surface area contributed by atoms with E-state index in [2.05, 4.69) is 10.0 Å². The molecule has 2 N–H and O–H groups in total. The highest BCUT2D eigenvalue weighted by Gasteiger charge is 2.31. The standard InChI is InChI=1S/C18H21N3O3S2/c22-18(21-9-8-14-6-7-16(12-21)19-14)13-3-1-4-15(11-13)20-26(23,24)17-5-2-10-25-17/h1-5,10-11,14,16,19-20H,6-9,12H2. The minimum absolute atomic E-state index is 0.0449. The maximum absolute atomic E-state index is 12.9. The van der Waals surface area contributed by atoms with Crippen molar-refractivity contribution in [3.05, 3.63) is 47.3 Å². The molecule has 6 nitrogen and oxygen atoms in total. The van der Waals surface area contributed by atoms with Gasteiger partial charge in [0.2, 0.25) is 0 Å². The summed E-state index contributed by atoms with van der Waals surface area (Å²) < 4.78 is 27.6. The van der Waals surface area contributed by atoms with Gasteiger partial charge < -0.3 is 10.2 Å². The van der Waals surface area contributed by atoms with Gasteiger partial charge in [0.1, 0.15) is 4.21 Å². The van der Waals surface area contributed by atoms with Crippen molar-refractivity contribution in [2.45, 2.75) is 35.6 Å². The van der Waals surface area contributed by atoms with Gasteiger partial charge >= 0.3 is 0 Å². The maximum Gasteiger partial charge on any atom is 0.271 e. The van der Waals surface area contributed by atoms with Crippen molar-refractivity contribution in [1.29, 1.82) is 0 Å². The molecule has 26 heavy (non-hydrogen) atoms. The quantitative estimate of drug-likeness (QED) is 0.839. The highest BCUT2D eigenvalue weighted by molar-refractivity contribution is 7.94. The fraction of sp³-hybridized carbons (Fsp3) is 0.389. The van der Waals surface area contributed by atoms with Gasteiger partial charge in [-0.1, -0.05) is 12.1 Å². The van der Waals surface area contributed by atoms with Crippen molar-refractivity contribution in [3.63, 3.8) is 0 Å². The number of nitrogens with zero attached hydrogens (tertiary/aromatic N) is 1. The van der Waals surface area contributed by atoms with E-state index in [9.17, 15) is 13.2 Å². The van der Waals surface area contributed by atoms with Crippen LogP contribution in [0.25, 0.3) is 0 Å². The summed E-state index contributed by atoms with van der Waals surface area (Å²) in [7, 11) is -3.62. The van der Waals surface area contributed by atoms with E-state index in [0.29, 0.717) is 29.9 Å². The Labute approximate surface area is 157 Å². The zero-order valence-corrected chi connectivity index (χ0v) is 15.9. The Morgan fingerprint density at radius 3 is 2.81 bits per heavy atom. The van der Waals surface area contributed by atoms with Crippen LogP contribution in [0.2, 0.25) is 0 Å². The number of thiophene rings is 1. The van der Waals surface area contributed by atoms with Crippen LogP contribution in [0.15, 0.2) is 46.0 Å². The fourth-order valence-electron chi connectivity index (χ4n) is 3.65. The number of sulfonamides is 1. The van der Waals surface area contributed by atoms with E-state index in [1.165, 1.54) is 6.42 Å². The van der Waals surface area contributed by atoms with Crippen molar-refractivity contribution in [3.8, 4) is 0 Å². The molecule has 2 atom stereocenters. The van der Waals surface area contributed by atoms with Crippen molar-refractivity contribution in [2.75, 3.05) is 17.8 Å². The van der Waals surface area contributed by atoms with Crippen LogP contribution in [-0.2, 0) is 10.0 Å². The van der Waals surface area contributed by atoms with Crippen molar-refractivity contribution < 1.29 is 13.2 Å². The number of fused-ring (bicyclic) bond motifs is 2. The third kappa shape index (κ3) is 3.62. The van der Waals surface area contributed by atoms with Crippen molar-refractivity contribution >= 4 is 33.0 Å². The normalized spacial score (nSPS) is 22.8. The Bertz CT molecular complexity index is 896. The number of benzene rings is 1. The first kappa shape index (κ1) is 17.5. The Hall–Kier alpha value is -1.90. The number of hydrogen-bond donors (Lipinski definition) is 2. The lowest BCUT2D eigenvalue weighted by molar-refractivity contribution is 0.0748. The van der Waals surface area contributed by atoms with E-state index in [-0.39, 0.29) is 10.1 Å². The molecule has 0 aliphatic carbocycles. The van der Waals surface area contributed by atoms with Crippen LogP contribution in [-0.4, -0.2) is 44.4 Å². The van der Waals surface area contributed by atoms with Crippen LogP contribution in [0.5, 0.6) is 0 Å². The second kappa shape index (κ2) is 7.02. The van der Waals surface area contributed by atoms with Gasteiger partial charge in [0.25, 0.3) is 15.9 Å². The number of carbonyl (C=O) groups is 1. The SMILES string of the molecule is O=C(c1cccc(NS(=O)(=O)c2cccs2)c1)N1CCC2CCC(C1)N2. The summed E-state index contributed by atoms with van der Waals surface area (Å²) in [6, 6.07) is 10.9. The van der Waals surface area contributed by atoms with Gasteiger partial charge in [-0.05, 0) is 48.9 Å². The van der Waals surface area contributed by atoms with Crippen LogP contribution in [0.3, 0.4) is 0 Å². The fourth-order valence-corrected chi connectivity index (χ4v) is 5.69. The molecule has 4 rings (SSSR count). The average Bonchev–Trinajstić information content (AvgIpc) is 3.24. The van der Waals surface area contributed by atoms with Gasteiger partial charge in [-0.25, -0.2) is 8.42 Å². The Morgan fingerprint density at radius 2 is 2.00 bits per heavy atom. The second-order valence-corrected chi connectivity index (χ2v) is 9.65. The van der Waals surface area contributed by atoms with Gasteiger partial charge in [0, 0.05) is 36.4 Å². The molecule has 8 heteroatoms. The van der Waals surface area contributed by atoms with E-state index in [4.69, 9.17) is 0 Å². The van der Waals surface area contributed by atoms with Crippen molar-refractivity contribution in [2.24, 2.45) is 0 Å². The lowest BCUT2D eigenvalue weighted by Gasteiger charge is -2.24. The highest BCUT2D eigenvalue weighted by Crippen LogP contribution is 2.24. The molecule has 138 valence electrons. The van der Waals surface area contributed by atoms with E-state index < -0.39 is 10.0 Å². The van der Waals surface area contributed by atoms with E-state index >= 15 is 0 Å². The number of rotatable bonds is 4. The molecule has 2 aliphatic rings. The third-order valence-corrected chi connectivity index (χ3v) is 7.71. The predicted molar refractivity (Wildman–Crippen MR) is 102 cm³/mol. The maximum atomic E-state index is 12.9. The van der Waals surface area contributed by atoms with Crippen molar-refractivity contribution in [1.82, 2.24) is 10.2 Å². The molecule has 2 unspecified atom stereocenters. The summed E-state index contributed by atoms with van der Waals surface area (Å²) in [5.74, 6) is -0.0449. The summed E-state index contributed by atoms with van der Waals surface area (Å²) in [5, 5.41) is 5.28. The van der Waals surface area contributed by atoms with Crippen LogP contribution in [0.4, 0.5) is 5.69 Å². The van der Waals surface area contributed by atoms with Crippen LogP contribution in [0.1, 0.15) is 29.6 Å². The molecule has 2 fully saturated rings. The van der Waals surface area contributed by atoms with Gasteiger partial charge in [0.15, 0.2) is 0 Å². The van der Waals surface area contributed by atoms with Gasteiger partial charge in [-0.15, -0.1) is 11.3 Å². The lowest BCUT2D eigenvalue weighted by Crippen LogP contribution is -2.39. The topological polar surface area (TPSA) is 78.5 Å². The Kier molecular flexibility index (Phi) is 4.73. The number of nitrogens with one attached hydrogen (secondary N) is 2. The Morgan fingerprint density at radius 1 is 1.15 bits per heavy atom. The monoisotopic (exact) mass is 391 g/mol. The highest BCUT2D eigenvalue weighted by atomic mass is 32.2. The molecule has 1 aromatic heterocycles.